The number of hydrogen-bond donors (Lipinski definition) is 1. The summed E-state index contributed by atoms with van der Waals surface area (Å²) in [6.07, 6.45) is 2.83. The van der Waals surface area contributed by atoms with Crippen molar-refractivity contribution in [1.82, 2.24) is 19.6 Å². The van der Waals surface area contributed by atoms with Gasteiger partial charge >= 0.3 is 0 Å². The number of aryl methyl sites for hydroxylation is 1. The third-order valence-electron chi connectivity index (χ3n) is 2.83. The largest absolute Gasteiger partial charge is 0.382 e. The second-order valence-corrected chi connectivity index (χ2v) is 4.51. The molecule has 0 aromatic carbocycles. The van der Waals surface area contributed by atoms with Crippen LogP contribution in [0.1, 0.15) is 13.3 Å². The average molecular weight is 253 g/mol. The van der Waals surface area contributed by atoms with Gasteiger partial charge in [0.25, 0.3) is 0 Å². The van der Waals surface area contributed by atoms with E-state index in [2.05, 4.69) is 16.9 Å². The topological polar surface area (TPSA) is 67.4 Å². The number of nitrogen functional groups attached to an aromatic ring is 1. The minimum Gasteiger partial charge on any atom is -0.382 e. The number of likely N-dealkylation sites (N-methyl/N-ethyl adjacent to an activating group) is 2. The zero-order chi connectivity index (χ0) is 13.5. The van der Waals surface area contributed by atoms with E-state index in [0.29, 0.717) is 12.4 Å². The lowest BCUT2D eigenvalue weighted by Crippen LogP contribution is -2.37. The van der Waals surface area contributed by atoms with E-state index in [4.69, 9.17) is 5.73 Å². The SMILES string of the molecule is CCN(CCCn1ccc(N)n1)CC(=O)N(C)C. The summed E-state index contributed by atoms with van der Waals surface area (Å²) in [5, 5.41) is 4.12. The number of rotatable bonds is 7. The molecular weight excluding hydrogens is 230 g/mol. The van der Waals surface area contributed by atoms with Crippen LogP contribution in [0.15, 0.2) is 12.3 Å². The van der Waals surface area contributed by atoms with Gasteiger partial charge < -0.3 is 10.6 Å². The molecule has 6 nitrogen and oxygen atoms in total. The Morgan fingerprint density at radius 3 is 2.72 bits per heavy atom. The first-order valence-corrected chi connectivity index (χ1v) is 6.24. The number of hydrogen-bond acceptors (Lipinski definition) is 4. The number of nitrogens with zero attached hydrogens (tertiary/aromatic N) is 4. The van der Waals surface area contributed by atoms with Crippen molar-refractivity contribution in [2.45, 2.75) is 19.9 Å². The molecule has 2 N–H and O–H groups in total. The van der Waals surface area contributed by atoms with Gasteiger partial charge in [-0.2, -0.15) is 5.10 Å². The van der Waals surface area contributed by atoms with Crippen LogP contribution in [0.25, 0.3) is 0 Å². The second-order valence-electron chi connectivity index (χ2n) is 4.51. The van der Waals surface area contributed by atoms with Gasteiger partial charge in [0.15, 0.2) is 0 Å². The fourth-order valence-corrected chi connectivity index (χ4v) is 1.64. The van der Waals surface area contributed by atoms with Gasteiger partial charge in [0, 0.05) is 33.4 Å². The highest BCUT2D eigenvalue weighted by Crippen LogP contribution is 1.99. The lowest BCUT2D eigenvalue weighted by atomic mass is 10.3. The molecule has 6 heteroatoms. The molecule has 0 aliphatic heterocycles. The molecule has 1 amide bonds. The first kappa shape index (κ1) is 14.5. The molecule has 0 atom stereocenters. The van der Waals surface area contributed by atoms with Crippen molar-refractivity contribution in [2.24, 2.45) is 0 Å². The van der Waals surface area contributed by atoms with E-state index in [1.54, 1.807) is 25.1 Å². The van der Waals surface area contributed by atoms with Crippen LogP contribution in [0.2, 0.25) is 0 Å². The Balaban J connectivity index is 2.29. The van der Waals surface area contributed by atoms with Gasteiger partial charge in [-0.1, -0.05) is 6.92 Å². The second kappa shape index (κ2) is 7.00. The quantitative estimate of drug-likeness (QED) is 0.757. The van der Waals surface area contributed by atoms with Gasteiger partial charge in [0.1, 0.15) is 5.82 Å². The van der Waals surface area contributed by atoms with Crippen molar-refractivity contribution in [3.05, 3.63) is 12.3 Å². The normalized spacial score (nSPS) is 10.9. The summed E-state index contributed by atoms with van der Waals surface area (Å²) < 4.78 is 1.83. The van der Waals surface area contributed by atoms with Crippen molar-refractivity contribution < 1.29 is 4.79 Å². The molecule has 0 saturated heterocycles. The fraction of sp³-hybridized carbons (Fsp3) is 0.667. The number of carbonyl (C=O) groups is 1. The maximum Gasteiger partial charge on any atom is 0.236 e. The first-order chi connectivity index (χ1) is 8.52. The Morgan fingerprint density at radius 2 is 2.22 bits per heavy atom. The summed E-state index contributed by atoms with van der Waals surface area (Å²) in [5.74, 6) is 0.685. The van der Waals surface area contributed by atoms with Gasteiger partial charge in [0.05, 0.1) is 6.54 Å². The summed E-state index contributed by atoms with van der Waals surface area (Å²) in [6, 6.07) is 1.78. The number of aromatic nitrogens is 2. The maximum absolute atomic E-state index is 11.6. The monoisotopic (exact) mass is 253 g/mol. The summed E-state index contributed by atoms with van der Waals surface area (Å²) in [7, 11) is 3.56. The minimum absolute atomic E-state index is 0.139. The highest BCUT2D eigenvalue weighted by molar-refractivity contribution is 5.77. The average Bonchev–Trinajstić information content (AvgIpc) is 2.73. The summed E-state index contributed by atoms with van der Waals surface area (Å²) in [4.78, 5) is 15.4. The molecule has 0 fully saturated rings. The molecule has 1 heterocycles. The Labute approximate surface area is 108 Å². The molecule has 1 aromatic heterocycles. The van der Waals surface area contributed by atoms with E-state index < -0.39 is 0 Å². The zero-order valence-corrected chi connectivity index (χ0v) is 11.5. The van der Waals surface area contributed by atoms with Crippen LogP contribution in [-0.2, 0) is 11.3 Å². The molecule has 0 unspecified atom stereocenters. The van der Waals surface area contributed by atoms with E-state index in [0.717, 1.165) is 26.1 Å². The highest BCUT2D eigenvalue weighted by atomic mass is 16.2. The van der Waals surface area contributed by atoms with Gasteiger partial charge in [-0.3, -0.25) is 14.4 Å². The molecule has 0 aliphatic rings. The fourth-order valence-electron chi connectivity index (χ4n) is 1.64. The van der Waals surface area contributed by atoms with Gasteiger partial charge in [0.2, 0.25) is 5.91 Å². The van der Waals surface area contributed by atoms with Crippen LogP contribution in [-0.4, -0.2) is 59.2 Å². The van der Waals surface area contributed by atoms with Crippen molar-refractivity contribution in [3.63, 3.8) is 0 Å². The molecule has 102 valence electrons. The number of carbonyl (C=O) groups excluding carboxylic acids is 1. The van der Waals surface area contributed by atoms with Crippen LogP contribution in [0.4, 0.5) is 5.82 Å². The lowest BCUT2D eigenvalue weighted by molar-refractivity contribution is -0.129. The van der Waals surface area contributed by atoms with E-state index in [-0.39, 0.29) is 5.91 Å². The molecule has 0 radical (unpaired) electrons. The molecule has 0 saturated carbocycles. The zero-order valence-electron chi connectivity index (χ0n) is 11.5. The van der Waals surface area contributed by atoms with E-state index in [1.165, 1.54) is 0 Å². The van der Waals surface area contributed by atoms with Crippen LogP contribution >= 0.6 is 0 Å². The van der Waals surface area contributed by atoms with Crippen molar-refractivity contribution in [3.8, 4) is 0 Å². The molecule has 1 aromatic rings. The van der Waals surface area contributed by atoms with Crippen molar-refractivity contribution >= 4 is 11.7 Å². The third-order valence-corrected chi connectivity index (χ3v) is 2.83. The van der Waals surface area contributed by atoms with E-state index in [1.807, 2.05) is 10.9 Å². The minimum atomic E-state index is 0.139. The molecular formula is C12H23N5O. The predicted octanol–water partition coefficient (Wildman–Crippen LogP) is 0.266. The highest BCUT2D eigenvalue weighted by Gasteiger charge is 2.10. The Morgan fingerprint density at radius 1 is 1.50 bits per heavy atom. The van der Waals surface area contributed by atoms with Crippen LogP contribution in [0, 0.1) is 0 Å². The van der Waals surface area contributed by atoms with E-state index >= 15 is 0 Å². The molecule has 18 heavy (non-hydrogen) atoms. The maximum atomic E-state index is 11.6. The lowest BCUT2D eigenvalue weighted by Gasteiger charge is -2.21. The molecule has 0 bridgehead atoms. The standard InChI is InChI=1S/C12H23N5O/c1-4-16(10-12(18)15(2)3)7-5-8-17-9-6-11(13)14-17/h6,9H,4-5,7-8,10H2,1-3H3,(H2,13,14). The predicted molar refractivity (Wildman–Crippen MR) is 72.1 cm³/mol. The van der Waals surface area contributed by atoms with Gasteiger partial charge in [-0.05, 0) is 19.0 Å². The molecule has 0 aliphatic carbocycles. The summed E-state index contributed by atoms with van der Waals surface area (Å²) in [5.41, 5.74) is 5.54. The smallest absolute Gasteiger partial charge is 0.236 e. The molecule has 0 spiro atoms. The van der Waals surface area contributed by atoms with Crippen LogP contribution < -0.4 is 5.73 Å². The van der Waals surface area contributed by atoms with Gasteiger partial charge in [-0.15, -0.1) is 0 Å². The van der Waals surface area contributed by atoms with E-state index in [9.17, 15) is 4.79 Å². The number of anilines is 1. The Bertz CT molecular complexity index is 374. The summed E-state index contributed by atoms with van der Waals surface area (Å²) >= 11 is 0. The number of nitrogens with two attached hydrogens (primary N) is 1. The van der Waals surface area contributed by atoms with Crippen molar-refractivity contribution in [2.75, 3.05) is 39.5 Å². The van der Waals surface area contributed by atoms with Crippen LogP contribution in [0.3, 0.4) is 0 Å². The third kappa shape index (κ3) is 4.75. The van der Waals surface area contributed by atoms with Gasteiger partial charge in [-0.25, -0.2) is 0 Å². The Kier molecular flexibility index (Phi) is 5.64. The number of amides is 1. The summed E-state index contributed by atoms with van der Waals surface area (Å²) in [6.45, 7) is 5.13. The van der Waals surface area contributed by atoms with Crippen LogP contribution in [0.5, 0.6) is 0 Å². The first-order valence-electron chi connectivity index (χ1n) is 6.24. The Hall–Kier alpha value is -1.56. The molecule has 1 rings (SSSR count). The van der Waals surface area contributed by atoms with Crippen molar-refractivity contribution in [1.29, 1.82) is 0 Å².